The van der Waals surface area contributed by atoms with Gasteiger partial charge in [0, 0.05) is 25.2 Å². The van der Waals surface area contributed by atoms with Crippen LogP contribution in [0.15, 0.2) is 48.6 Å². The van der Waals surface area contributed by atoms with Crippen LogP contribution < -0.4 is 29.6 Å². The van der Waals surface area contributed by atoms with E-state index in [9.17, 15) is 19.2 Å². The van der Waals surface area contributed by atoms with Crippen molar-refractivity contribution in [2.24, 2.45) is 0 Å². The van der Waals surface area contributed by atoms with Crippen molar-refractivity contribution >= 4 is 35.9 Å². The van der Waals surface area contributed by atoms with Gasteiger partial charge in [-0.15, -0.1) is 0 Å². The Morgan fingerprint density at radius 2 is 1.08 bits per heavy atom. The number of benzene rings is 2. The summed E-state index contributed by atoms with van der Waals surface area (Å²) in [5, 5.41) is 4.99. The Hall–Kier alpha value is -5.00. The SMILES string of the molecule is O=C(COC(=O)/C=C/c1ccc2c(c1)OCO2)NCCNC(=O)COC(=O)/C=C/c1ccc2c(c1)OCO2. The zero-order chi connectivity index (χ0) is 26.7. The summed E-state index contributed by atoms with van der Waals surface area (Å²) in [6.45, 7) is -0.478. The molecule has 0 aromatic heterocycles. The van der Waals surface area contributed by atoms with E-state index in [0.717, 1.165) is 0 Å². The highest BCUT2D eigenvalue weighted by Gasteiger charge is 2.14. The van der Waals surface area contributed by atoms with E-state index in [1.807, 2.05) is 0 Å². The van der Waals surface area contributed by atoms with E-state index in [4.69, 9.17) is 28.4 Å². The molecule has 0 saturated carbocycles. The van der Waals surface area contributed by atoms with Gasteiger partial charge in [0.15, 0.2) is 36.2 Å². The van der Waals surface area contributed by atoms with Crippen LogP contribution in [0.3, 0.4) is 0 Å². The van der Waals surface area contributed by atoms with E-state index < -0.39 is 37.0 Å². The molecule has 0 fully saturated rings. The Balaban J connectivity index is 1.05. The first-order valence-corrected chi connectivity index (χ1v) is 11.5. The molecule has 2 N–H and O–H groups in total. The molecule has 4 rings (SSSR count). The van der Waals surface area contributed by atoms with E-state index in [2.05, 4.69) is 10.6 Å². The summed E-state index contributed by atoms with van der Waals surface area (Å²) in [5.74, 6) is -0.0392. The zero-order valence-electron chi connectivity index (χ0n) is 20.1. The van der Waals surface area contributed by atoms with Crippen molar-refractivity contribution in [3.63, 3.8) is 0 Å². The van der Waals surface area contributed by atoms with Gasteiger partial charge in [0.2, 0.25) is 13.6 Å². The van der Waals surface area contributed by atoms with Gasteiger partial charge in [0.05, 0.1) is 0 Å². The number of esters is 2. The number of nitrogens with one attached hydrogen (secondary N) is 2. The minimum Gasteiger partial charge on any atom is -0.454 e. The third-order valence-electron chi connectivity index (χ3n) is 5.08. The van der Waals surface area contributed by atoms with Gasteiger partial charge in [-0.2, -0.15) is 0 Å². The molecule has 2 aliphatic heterocycles. The molecule has 2 aromatic carbocycles. The molecule has 38 heavy (non-hydrogen) atoms. The lowest BCUT2D eigenvalue weighted by atomic mass is 10.2. The second-order valence-corrected chi connectivity index (χ2v) is 7.81. The molecule has 2 amide bonds. The predicted molar refractivity (Wildman–Crippen MR) is 131 cm³/mol. The van der Waals surface area contributed by atoms with Crippen LogP contribution in [0.2, 0.25) is 0 Å². The third kappa shape index (κ3) is 7.75. The predicted octanol–water partition coefficient (Wildman–Crippen LogP) is 1.19. The number of amides is 2. The minimum absolute atomic E-state index is 0.0904. The van der Waals surface area contributed by atoms with Crippen molar-refractivity contribution in [1.82, 2.24) is 10.6 Å². The molecule has 0 unspecified atom stereocenters. The van der Waals surface area contributed by atoms with Gasteiger partial charge < -0.3 is 39.1 Å². The second kappa shape index (κ2) is 12.8. The maximum absolute atomic E-state index is 11.8. The number of carbonyl (C=O) groups excluding carboxylic acids is 4. The highest BCUT2D eigenvalue weighted by Crippen LogP contribution is 2.33. The molecule has 198 valence electrons. The normalized spacial score (nSPS) is 12.9. The Labute approximate surface area is 217 Å². The van der Waals surface area contributed by atoms with Gasteiger partial charge in [-0.3, -0.25) is 9.59 Å². The fourth-order valence-corrected chi connectivity index (χ4v) is 3.24. The van der Waals surface area contributed by atoms with Crippen molar-refractivity contribution in [3.8, 4) is 23.0 Å². The molecule has 2 aliphatic rings. The molecule has 0 aliphatic carbocycles. The molecule has 0 bridgehead atoms. The molecule has 2 aromatic rings. The molecular weight excluding hydrogens is 500 g/mol. The molecular formula is C26H24N2O10. The highest BCUT2D eigenvalue weighted by molar-refractivity contribution is 5.90. The van der Waals surface area contributed by atoms with Crippen LogP contribution in [0.1, 0.15) is 11.1 Å². The van der Waals surface area contributed by atoms with Crippen LogP contribution in [0.4, 0.5) is 0 Å². The Kier molecular flexibility index (Phi) is 8.79. The number of hydrogen-bond donors (Lipinski definition) is 2. The van der Waals surface area contributed by atoms with Crippen molar-refractivity contribution in [2.75, 3.05) is 39.9 Å². The van der Waals surface area contributed by atoms with Crippen LogP contribution in [0, 0.1) is 0 Å². The Bertz CT molecular complexity index is 1170. The van der Waals surface area contributed by atoms with Crippen LogP contribution in [0.5, 0.6) is 23.0 Å². The van der Waals surface area contributed by atoms with Crippen LogP contribution in [-0.2, 0) is 28.7 Å². The molecule has 0 radical (unpaired) electrons. The summed E-state index contributed by atoms with van der Waals surface area (Å²) in [5.41, 5.74) is 1.41. The molecule has 12 heteroatoms. The van der Waals surface area contributed by atoms with E-state index >= 15 is 0 Å². The third-order valence-corrected chi connectivity index (χ3v) is 5.08. The minimum atomic E-state index is -0.694. The number of rotatable bonds is 11. The molecule has 0 spiro atoms. The first kappa shape index (κ1) is 26.1. The lowest BCUT2D eigenvalue weighted by molar-refractivity contribution is -0.144. The zero-order valence-corrected chi connectivity index (χ0v) is 20.1. The first-order chi connectivity index (χ1) is 18.5. The summed E-state index contributed by atoms with van der Waals surface area (Å²) >= 11 is 0. The Morgan fingerprint density at radius 1 is 0.658 bits per heavy atom. The fourth-order valence-electron chi connectivity index (χ4n) is 3.24. The first-order valence-electron chi connectivity index (χ1n) is 11.5. The Morgan fingerprint density at radius 3 is 1.53 bits per heavy atom. The van der Waals surface area contributed by atoms with Gasteiger partial charge in [0.25, 0.3) is 11.8 Å². The van der Waals surface area contributed by atoms with Crippen molar-refractivity contribution in [1.29, 1.82) is 0 Å². The largest absolute Gasteiger partial charge is 0.454 e. The van der Waals surface area contributed by atoms with E-state index in [-0.39, 0.29) is 26.7 Å². The van der Waals surface area contributed by atoms with Crippen LogP contribution in [0.25, 0.3) is 12.2 Å². The number of hydrogen-bond acceptors (Lipinski definition) is 10. The fraction of sp³-hybridized carbons (Fsp3) is 0.231. The maximum atomic E-state index is 11.8. The monoisotopic (exact) mass is 524 g/mol. The summed E-state index contributed by atoms with van der Waals surface area (Å²) in [7, 11) is 0. The van der Waals surface area contributed by atoms with Crippen molar-refractivity contribution in [2.45, 2.75) is 0 Å². The molecule has 2 heterocycles. The van der Waals surface area contributed by atoms with Gasteiger partial charge >= 0.3 is 11.9 Å². The summed E-state index contributed by atoms with van der Waals surface area (Å²) in [4.78, 5) is 47.3. The number of fused-ring (bicyclic) bond motifs is 2. The molecule has 12 nitrogen and oxygen atoms in total. The van der Waals surface area contributed by atoms with E-state index in [1.165, 1.54) is 24.3 Å². The number of ether oxygens (including phenoxy) is 6. The van der Waals surface area contributed by atoms with Gasteiger partial charge in [-0.25, -0.2) is 9.59 Å². The smallest absolute Gasteiger partial charge is 0.331 e. The van der Waals surface area contributed by atoms with Crippen molar-refractivity contribution in [3.05, 3.63) is 59.7 Å². The molecule has 0 atom stereocenters. The van der Waals surface area contributed by atoms with Gasteiger partial charge in [0.1, 0.15) is 0 Å². The van der Waals surface area contributed by atoms with Crippen LogP contribution >= 0.6 is 0 Å². The summed E-state index contributed by atoms with van der Waals surface area (Å²) < 4.78 is 30.7. The topological polar surface area (TPSA) is 148 Å². The molecule has 0 saturated heterocycles. The average Bonchev–Trinajstić information content (AvgIpc) is 3.59. The average molecular weight is 524 g/mol. The van der Waals surface area contributed by atoms with Crippen molar-refractivity contribution < 1.29 is 47.6 Å². The lowest BCUT2D eigenvalue weighted by Crippen LogP contribution is -2.38. The number of carbonyl (C=O) groups is 4. The van der Waals surface area contributed by atoms with Gasteiger partial charge in [-0.05, 0) is 47.5 Å². The second-order valence-electron chi connectivity index (χ2n) is 7.81. The van der Waals surface area contributed by atoms with E-state index in [0.29, 0.717) is 34.1 Å². The summed E-state index contributed by atoms with van der Waals surface area (Å²) in [6, 6.07) is 10.4. The standard InChI is InChI=1S/C26H24N2O10/c29-23(13-33-25(31)7-3-17-1-5-19-21(11-17)37-15-35-19)27-9-10-28-24(30)14-34-26(32)8-4-18-2-6-20-22(12-18)38-16-36-20/h1-8,11-12H,9-10,13-16H2,(H,27,29)(H,28,30)/b7-3+,8-4+. The summed E-state index contributed by atoms with van der Waals surface area (Å²) in [6.07, 6.45) is 5.43. The highest BCUT2D eigenvalue weighted by atomic mass is 16.7. The van der Waals surface area contributed by atoms with E-state index in [1.54, 1.807) is 36.4 Å². The van der Waals surface area contributed by atoms with Gasteiger partial charge in [-0.1, -0.05) is 12.1 Å². The quantitative estimate of drug-likeness (QED) is 0.250. The van der Waals surface area contributed by atoms with Crippen LogP contribution in [-0.4, -0.2) is 63.6 Å². The lowest BCUT2D eigenvalue weighted by Gasteiger charge is -2.07. The maximum Gasteiger partial charge on any atom is 0.331 e.